The third-order valence-corrected chi connectivity index (χ3v) is 7.74. The number of ketones is 1. The van der Waals surface area contributed by atoms with Crippen LogP contribution in [0.1, 0.15) is 13.8 Å². The van der Waals surface area contributed by atoms with Crippen LogP contribution in [0.5, 0.6) is 0 Å². The molecule has 4 aromatic carbocycles. The Kier molecular flexibility index (Phi) is 8.51. The average molecular weight is 765 g/mol. The first-order valence-corrected chi connectivity index (χ1v) is 14.9. The Bertz CT molecular complexity index is 2280. The van der Waals surface area contributed by atoms with Crippen LogP contribution in [0, 0.1) is 49.4 Å². The van der Waals surface area contributed by atoms with E-state index in [2.05, 4.69) is 0 Å². The summed E-state index contributed by atoms with van der Waals surface area (Å²) in [4.78, 5) is 49.3. The number of carbonyl (C=O) groups is 1. The Morgan fingerprint density at radius 1 is 0.500 bits per heavy atom. The molecule has 48 heavy (non-hydrogen) atoms. The average Bonchev–Trinajstić information content (AvgIpc) is 3.80. The number of nitrogens with zero attached hydrogens (tertiary/aromatic N) is 8. The van der Waals surface area contributed by atoms with E-state index in [1.807, 2.05) is 97.1 Å². The summed E-state index contributed by atoms with van der Waals surface area (Å²) < 4.78 is 0. The summed E-state index contributed by atoms with van der Waals surface area (Å²) in [5.41, 5.74) is 5.78. The van der Waals surface area contributed by atoms with Crippen molar-refractivity contribution in [2.24, 2.45) is 0 Å². The SMILES string of the molecule is CC(=O)/C=C(\C)O.[Eu+2].c1ccc2c(c1)-c1nc-2nc2[n-]c(nc3nc(nc4[n-]c(n1)c1ccccc41)-c1ccccc1-3)c1ccccc21. The van der Waals surface area contributed by atoms with E-state index < -0.39 is 0 Å². The summed E-state index contributed by atoms with van der Waals surface area (Å²) in [6.45, 7) is 2.85. The molecule has 10 nitrogen and oxygen atoms in total. The van der Waals surface area contributed by atoms with E-state index >= 15 is 0 Å². The first-order chi connectivity index (χ1) is 22.9. The maximum absolute atomic E-state index is 10.0. The van der Waals surface area contributed by atoms with Gasteiger partial charge in [0.2, 0.25) is 0 Å². The second-order valence-corrected chi connectivity index (χ2v) is 11.1. The van der Waals surface area contributed by atoms with Gasteiger partial charge in [-0.25, -0.2) is 9.97 Å². The first kappa shape index (κ1) is 31.6. The minimum Gasteiger partial charge on any atom is -0.512 e. The van der Waals surface area contributed by atoms with E-state index in [1.165, 1.54) is 19.9 Å². The van der Waals surface area contributed by atoms with E-state index in [9.17, 15) is 4.79 Å². The monoisotopic (exact) mass is 765 g/mol. The van der Waals surface area contributed by atoms with Gasteiger partial charge in [-0.15, -0.1) is 0 Å². The van der Waals surface area contributed by atoms with Gasteiger partial charge < -0.3 is 35.0 Å². The number of aromatic nitrogens is 8. The normalized spacial score (nSPS) is 11.7. The van der Waals surface area contributed by atoms with Gasteiger partial charge >= 0.3 is 49.4 Å². The van der Waals surface area contributed by atoms with Gasteiger partial charge in [-0.2, -0.15) is 0 Å². The molecular weight excluding hydrogens is 740 g/mol. The number of aliphatic hydroxyl groups excluding tert-OH is 1. The standard InChI is InChI=1S/C32H16N8.C5H8O2.Eu/c1-2-10-18-17(9-1)25-33-26(18)38-28-21-13-5-6-14-22(21)30(35-28)40-32-24-16-8-7-15-23(24)31(36-32)39-29-20-12-4-3-11-19(20)27(34-29)37-25;1-4(6)3-5(2)7;/h1-16H;3,6H,1-2H3;/q-2;;+2/b;4-3+;. The van der Waals surface area contributed by atoms with Crippen LogP contribution in [0.4, 0.5) is 0 Å². The smallest absolute Gasteiger partial charge is 0.512 e. The molecule has 1 N–H and O–H groups in total. The van der Waals surface area contributed by atoms with Crippen LogP contribution in [0.2, 0.25) is 0 Å². The van der Waals surface area contributed by atoms with Crippen molar-refractivity contribution < 1.29 is 59.3 Å². The minimum absolute atomic E-state index is 0. The quantitative estimate of drug-likeness (QED) is 0.135. The van der Waals surface area contributed by atoms with Gasteiger partial charge in [0.05, 0.1) is 29.1 Å². The Hall–Kier alpha value is -4.97. The van der Waals surface area contributed by atoms with Crippen molar-refractivity contribution in [1.29, 1.82) is 0 Å². The summed E-state index contributed by atoms with van der Waals surface area (Å²) in [5, 5.41) is 11.9. The largest absolute Gasteiger partial charge is 2.00 e. The summed E-state index contributed by atoms with van der Waals surface area (Å²) in [6.07, 6.45) is 1.17. The van der Waals surface area contributed by atoms with E-state index in [-0.39, 0.29) is 60.9 Å². The molecule has 5 heterocycles. The van der Waals surface area contributed by atoms with Crippen molar-refractivity contribution in [3.63, 3.8) is 0 Å². The summed E-state index contributed by atoms with van der Waals surface area (Å²) in [5.74, 6) is 2.15. The van der Waals surface area contributed by atoms with Crippen LogP contribution in [0.25, 0.3) is 89.7 Å². The van der Waals surface area contributed by atoms with Crippen molar-refractivity contribution in [2.75, 3.05) is 0 Å². The molecule has 0 saturated carbocycles. The van der Waals surface area contributed by atoms with Crippen LogP contribution < -0.4 is 9.97 Å². The van der Waals surface area contributed by atoms with Gasteiger partial charge in [0.15, 0.2) is 5.78 Å². The zero-order chi connectivity index (χ0) is 32.1. The van der Waals surface area contributed by atoms with Crippen LogP contribution >= 0.6 is 0 Å². The molecule has 3 aromatic heterocycles. The third-order valence-electron chi connectivity index (χ3n) is 7.74. The van der Waals surface area contributed by atoms with Crippen molar-refractivity contribution in [3.8, 4) is 45.6 Å². The number of allylic oxidation sites excluding steroid dienone is 2. The second kappa shape index (κ2) is 12.9. The number of hydrogen-bond acceptors (Lipinski definition) is 8. The predicted octanol–water partition coefficient (Wildman–Crippen LogP) is 7.16. The molecule has 11 heteroatoms. The Labute approximate surface area is 314 Å². The van der Waals surface area contributed by atoms with Gasteiger partial charge in [-0.1, -0.05) is 97.1 Å². The van der Waals surface area contributed by atoms with Crippen LogP contribution in [0.15, 0.2) is 109 Å². The number of hydrogen-bond donors (Lipinski definition) is 1. The Morgan fingerprint density at radius 2 is 0.771 bits per heavy atom. The number of fused-ring (bicyclic) bond motifs is 20. The predicted molar refractivity (Wildman–Crippen MR) is 181 cm³/mol. The summed E-state index contributed by atoms with van der Waals surface area (Å²) in [6, 6.07) is 31.8. The molecule has 2 aliphatic rings. The fourth-order valence-corrected chi connectivity index (χ4v) is 5.75. The Balaban J connectivity index is 0.000000415. The summed E-state index contributed by atoms with van der Waals surface area (Å²) in [7, 11) is 0. The fourth-order valence-electron chi connectivity index (χ4n) is 5.75. The molecular formula is C37H24EuN8O2. The number of carbonyl (C=O) groups excluding carboxylic acids is 1. The van der Waals surface area contributed by atoms with Gasteiger partial charge in [0.25, 0.3) is 0 Å². The molecule has 231 valence electrons. The molecule has 2 aliphatic heterocycles. The number of rotatable bonds is 1. The molecule has 0 amide bonds. The van der Waals surface area contributed by atoms with E-state index in [0.717, 1.165) is 43.8 Å². The Morgan fingerprint density at radius 3 is 1.00 bits per heavy atom. The molecule has 0 spiro atoms. The van der Waals surface area contributed by atoms with Gasteiger partial charge in [-0.05, 0) is 35.4 Å². The second-order valence-electron chi connectivity index (χ2n) is 11.1. The van der Waals surface area contributed by atoms with Crippen molar-refractivity contribution >= 4 is 49.9 Å². The number of benzene rings is 4. The number of aliphatic hydroxyl groups is 1. The van der Waals surface area contributed by atoms with Crippen LogP contribution in [0.3, 0.4) is 0 Å². The fraction of sp³-hybridized carbons (Fsp3) is 0.0541. The van der Waals surface area contributed by atoms with Crippen LogP contribution in [-0.4, -0.2) is 40.8 Å². The van der Waals surface area contributed by atoms with Gasteiger partial charge in [0.1, 0.15) is 0 Å². The zero-order valence-corrected chi connectivity index (χ0v) is 28.1. The van der Waals surface area contributed by atoms with E-state index in [0.29, 0.717) is 45.9 Å². The van der Waals surface area contributed by atoms with Gasteiger partial charge in [0, 0.05) is 50.9 Å². The first-order valence-electron chi connectivity index (χ1n) is 14.9. The third kappa shape index (κ3) is 5.74. The molecule has 0 saturated heterocycles. The maximum atomic E-state index is 10.0. The summed E-state index contributed by atoms with van der Waals surface area (Å²) >= 11 is 0. The minimum atomic E-state index is -0.125. The molecule has 0 atom stereocenters. The van der Waals surface area contributed by atoms with Crippen molar-refractivity contribution in [1.82, 2.24) is 39.9 Å². The molecule has 7 aromatic rings. The topological polar surface area (TPSA) is 143 Å². The zero-order valence-electron chi connectivity index (χ0n) is 25.6. The molecule has 0 aliphatic carbocycles. The van der Waals surface area contributed by atoms with Gasteiger partial charge in [-0.3, -0.25) is 4.79 Å². The molecule has 8 bridgehead atoms. The van der Waals surface area contributed by atoms with Crippen LogP contribution in [-0.2, 0) is 4.79 Å². The van der Waals surface area contributed by atoms with E-state index in [1.54, 1.807) is 0 Å². The van der Waals surface area contributed by atoms with Crippen molar-refractivity contribution in [2.45, 2.75) is 13.8 Å². The maximum Gasteiger partial charge on any atom is 2.00 e. The molecule has 9 rings (SSSR count). The van der Waals surface area contributed by atoms with E-state index in [4.69, 9.17) is 45.0 Å². The molecule has 0 unspecified atom stereocenters. The molecule has 0 fully saturated rings. The molecule has 1 radical (unpaired) electrons. The van der Waals surface area contributed by atoms with Crippen molar-refractivity contribution in [3.05, 3.63) is 109 Å².